The van der Waals surface area contributed by atoms with E-state index in [0.29, 0.717) is 18.2 Å². The third-order valence-electron chi connectivity index (χ3n) is 2.97. The number of hydrogen-bond acceptors (Lipinski definition) is 5. The summed E-state index contributed by atoms with van der Waals surface area (Å²) in [6.07, 6.45) is 5.05. The quantitative estimate of drug-likeness (QED) is 0.890. The molecule has 0 aliphatic rings. The third kappa shape index (κ3) is 2.88. The molecule has 0 atom stereocenters. The number of hydrogen-bond donors (Lipinski definition) is 1. The van der Waals surface area contributed by atoms with Crippen molar-refractivity contribution in [2.75, 3.05) is 0 Å². The van der Waals surface area contributed by atoms with Gasteiger partial charge >= 0.3 is 0 Å². The second kappa shape index (κ2) is 6.24. The van der Waals surface area contributed by atoms with Gasteiger partial charge in [0, 0.05) is 18.3 Å². The van der Waals surface area contributed by atoms with Crippen LogP contribution in [0.4, 0.5) is 0 Å². The molecule has 0 radical (unpaired) electrons. The van der Waals surface area contributed by atoms with E-state index < -0.39 is 0 Å². The van der Waals surface area contributed by atoms with E-state index >= 15 is 0 Å². The van der Waals surface area contributed by atoms with Crippen molar-refractivity contribution in [3.05, 3.63) is 41.3 Å². The van der Waals surface area contributed by atoms with Gasteiger partial charge in [0.25, 0.3) is 0 Å². The predicted molar refractivity (Wildman–Crippen MR) is 73.0 cm³/mol. The van der Waals surface area contributed by atoms with Gasteiger partial charge in [-0.25, -0.2) is 0 Å². The third-order valence-corrected chi connectivity index (χ3v) is 2.97. The minimum Gasteiger partial charge on any atom is -0.436 e. The number of ether oxygens (including phenoxy) is 1. The van der Waals surface area contributed by atoms with Crippen molar-refractivity contribution in [2.45, 2.75) is 33.2 Å². The van der Waals surface area contributed by atoms with Gasteiger partial charge in [0.05, 0.1) is 11.9 Å². The van der Waals surface area contributed by atoms with Crippen molar-refractivity contribution >= 4 is 0 Å². The van der Waals surface area contributed by atoms with Gasteiger partial charge in [-0.15, -0.1) is 5.10 Å². The van der Waals surface area contributed by atoms with Crippen LogP contribution in [-0.2, 0) is 19.4 Å². The van der Waals surface area contributed by atoms with Crippen LogP contribution in [0.5, 0.6) is 11.6 Å². The summed E-state index contributed by atoms with van der Waals surface area (Å²) < 4.78 is 5.73. The fourth-order valence-electron chi connectivity index (χ4n) is 2.04. The molecule has 0 amide bonds. The van der Waals surface area contributed by atoms with E-state index in [9.17, 15) is 0 Å². The lowest BCUT2D eigenvalue weighted by molar-refractivity contribution is 0.443. The summed E-state index contributed by atoms with van der Waals surface area (Å²) in [6.45, 7) is 4.54. The minimum atomic E-state index is 0.390. The van der Waals surface area contributed by atoms with Crippen molar-refractivity contribution in [1.82, 2.24) is 15.2 Å². The molecule has 2 N–H and O–H groups in total. The molecule has 100 valence electrons. The number of nitrogens with two attached hydrogens (primary N) is 1. The number of aromatic nitrogens is 3. The summed E-state index contributed by atoms with van der Waals surface area (Å²) in [5, 5.41) is 8.37. The first-order valence-corrected chi connectivity index (χ1v) is 6.45. The molecule has 5 heteroatoms. The zero-order valence-electron chi connectivity index (χ0n) is 11.3. The minimum absolute atomic E-state index is 0.390. The van der Waals surface area contributed by atoms with Gasteiger partial charge < -0.3 is 10.5 Å². The Balaban J connectivity index is 2.40. The molecule has 19 heavy (non-hydrogen) atoms. The molecular formula is C14H18N4O. The van der Waals surface area contributed by atoms with Crippen LogP contribution < -0.4 is 10.5 Å². The zero-order chi connectivity index (χ0) is 13.7. The fourth-order valence-corrected chi connectivity index (χ4v) is 2.04. The highest BCUT2D eigenvalue weighted by molar-refractivity contribution is 5.39. The maximum Gasteiger partial charge on any atom is 0.243 e. The highest BCUT2D eigenvalue weighted by Crippen LogP contribution is 2.26. The van der Waals surface area contributed by atoms with Gasteiger partial charge in [-0.05, 0) is 30.5 Å². The molecule has 5 nitrogen and oxygen atoms in total. The summed E-state index contributed by atoms with van der Waals surface area (Å²) in [5.41, 5.74) is 8.90. The highest BCUT2D eigenvalue weighted by atomic mass is 16.5. The van der Waals surface area contributed by atoms with E-state index in [1.54, 1.807) is 12.4 Å². The molecule has 0 unspecified atom stereocenters. The second-order valence-corrected chi connectivity index (χ2v) is 4.11. The largest absolute Gasteiger partial charge is 0.436 e. The molecule has 0 spiro atoms. The number of pyridine rings is 1. The molecule has 0 bridgehead atoms. The Morgan fingerprint density at radius 3 is 2.58 bits per heavy atom. The average molecular weight is 258 g/mol. The Kier molecular flexibility index (Phi) is 4.41. The van der Waals surface area contributed by atoms with Gasteiger partial charge in [0.1, 0.15) is 5.75 Å². The normalized spacial score (nSPS) is 10.5. The number of rotatable bonds is 5. The van der Waals surface area contributed by atoms with Crippen molar-refractivity contribution in [1.29, 1.82) is 0 Å². The van der Waals surface area contributed by atoms with Crippen molar-refractivity contribution in [2.24, 2.45) is 5.73 Å². The smallest absolute Gasteiger partial charge is 0.243 e. The first-order valence-electron chi connectivity index (χ1n) is 6.45. The van der Waals surface area contributed by atoms with Gasteiger partial charge in [-0.1, -0.05) is 13.8 Å². The van der Waals surface area contributed by atoms with Crippen LogP contribution in [0.15, 0.2) is 24.5 Å². The van der Waals surface area contributed by atoms with Gasteiger partial charge in [0.15, 0.2) is 0 Å². The van der Waals surface area contributed by atoms with Crippen LogP contribution in [-0.4, -0.2) is 15.2 Å². The van der Waals surface area contributed by atoms with Crippen molar-refractivity contribution in [3.63, 3.8) is 0 Å². The van der Waals surface area contributed by atoms with E-state index in [-0.39, 0.29) is 0 Å². The molecule has 0 aliphatic heterocycles. The Hall–Kier alpha value is -2.01. The van der Waals surface area contributed by atoms with E-state index in [1.807, 2.05) is 12.1 Å². The summed E-state index contributed by atoms with van der Waals surface area (Å²) in [6, 6.07) is 3.64. The Morgan fingerprint density at radius 2 is 2.00 bits per heavy atom. The van der Waals surface area contributed by atoms with Gasteiger partial charge in [-0.2, -0.15) is 5.10 Å². The number of aryl methyl sites for hydroxylation is 1. The van der Waals surface area contributed by atoms with Crippen LogP contribution in [0.1, 0.15) is 30.7 Å². The SMILES string of the molecule is CCc1nnc(Oc2cccnc2)c(CN)c1CC. The highest BCUT2D eigenvalue weighted by Gasteiger charge is 2.14. The van der Waals surface area contributed by atoms with E-state index in [0.717, 1.165) is 29.7 Å². The topological polar surface area (TPSA) is 73.9 Å². The fraction of sp³-hybridized carbons (Fsp3) is 0.357. The molecule has 0 fully saturated rings. The summed E-state index contributed by atoms with van der Waals surface area (Å²) in [4.78, 5) is 4.01. The van der Waals surface area contributed by atoms with E-state index in [1.165, 1.54) is 0 Å². The Morgan fingerprint density at radius 1 is 1.16 bits per heavy atom. The number of nitrogens with zero attached hydrogens (tertiary/aromatic N) is 3. The first-order chi connectivity index (χ1) is 9.30. The predicted octanol–water partition coefficient (Wildman–Crippen LogP) is 2.25. The lowest BCUT2D eigenvalue weighted by Crippen LogP contribution is -2.10. The van der Waals surface area contributed by atoms with Crippen LogP contribution in [0.3, 0.4) is 0 Å². The molecule has 0 saturated heterocycles. The van der Waals surface area contributed by atoms with Crippen LogP contribution in [0.25, 0.3) is 0 Å². The first kappa shape index (κ1) is 13.4. The van der Waals surface area contributed by atoms with Crippen molar-refractivity contribution < 1.29 is 4.74 Å². The lowest BCUT2D eigenvalue weighted by Gasteiger charge is -2.14. The maximum absolute atomic E-state index is 5.84. The molecule has 0 aliphatic carbocycles. The molecule has 2 aromatic heterocycles. The standard InChI is InChI=1S/C14H18N4O/c1-3-11-12(8-15)14(18-17-13(11)4-2)19-10-6-5-7-16-9-10/h5-7,9H,3-4,8,15H2,1-2H3. The molecule has 2 rings (SSSR count). The van der Waals surface area contributed by atoms with Gasteiger partial charge in [-0.3, -0.25) is 4.98 Å². The Bertz CT molecular complexity index is 543. The zero-order valence-corrected chi connectivity index (χ0v) is 11.3. The molecule has 2 aromatic rings. The maximum atomic E-state index is 5.84. The van der Waals surface area contributed by atoms with E-state index in [4.69, 9.17) is 10.5 Å². The van der Waals surface area contributed by atoms with E-state index in [2.05, 4.69) is 29.0 Å². The van der Waals surface area contributed by atoms with Crippen LogP contribution >= 0.6 is 0 Å². The molecule has 0 saturated carbocycles. The second-order valence-electron chi connectivity index (χ2n) is 4.11. The van der Waals surface area contributed by atoms with Crippen LogP contribution in [0.2, 0.25) is 0 Å². The summed E-state index contributed by atoms with van der Waals surface area (Å²) in [7, 11) is 0. The molecule has 0 aromatic carbocycles. The Labute approximate surface area is 112 Å². The van der Waals surface area contributed by atoms with Crippen molar-refractivity contribution in [3.8, 4) is 11.6 Å². The average Bonchev–Trinajstić information content (AvgIpc) is 2.47. The summed E-state index contributed by atoms with van der Waals surface area (Å²) >= 11 is 0. The molecular weight excluding hydrogens is 240 g/mol. The van der Waals surface area contributed by atoms with Gasteiger partial charge in [0.2, 0.25) is 5.88 Å². The summed E-state index contributed by atoms with van der Waals surface area (Å²) in [5.74, 6) is 1.11. The monoisotopic (exact) mass is 258 g/mol. The lowest BCUT2D eigenvalue weighted by atomic mass is 10.0. The van der Waals surface area contributed by atoms with Crippen LogP contribution in [0, 0.1) is 0 Å². The molecule has 2 heterocycles.